The summed E-state index contributed by atoms with van der Waals surface area (Å²) in [5.74, 6) is 0.495. The highest BCUT2D eigenvalue weighted by Gasteiger charge is 2.14. The van der Waals surface area contributed by atoms with Gasteiger partial charge in [0.05, 0.1) is 11.9 Å². The number of ether oxygens (including phenoxy) is 1. The summed E-state index contributed by atoms with van der Waals surface area (Å²) in [5, 5.41) is 0. The van der Waals surface area contributed by atoms with Gasteiger partial charge in [0.1, 0.15) is 0 Å². The first-order valence-corrected chi connectivity index (χ1v) is 4.45. The molecule has 0 aliphatic carbocycles. The van der Waals surface area contributed by atoms with Crippen molar-refractivity contribution < 1.29 is 13.5 Å². The number of hydrogen-bond donors (Lipinski definition) is 1. The van der Waals surface area contributed by atoms with Gasteiger partial charge in [-0.15, -0.1) is 0 Å². The van der Waals surface area contributed by atoms with Gasteiger partial charge in [-0.3, -0.25) is 0 Å². The molecule has 0 radical (unpaired) electrons. The van der Waals surface area contributed by atoms with E-state index >= 15 is 0 Å². The second-order valence-electron chi connectivity index (χ2n) is 2.51. The molecule has 10 heavy (non-hydrogen) atoms. The van der Waals surface area contributed by atoms with Crippen LogP contribution in [0.5, 0.6) is 0 Å². The zero-order valence-electron chi connectivity index (χ0n) is 6.53. The van der Waals surface area contributed by atoms with Crippen molar-refractivity contribution >= 4 is 11.1 Å². The van der Waals surface area contributed by atoms with Gasteiger partial charge in [-0.2, -0.15) is 0 Å². The Hall–Kier alpha value is 0.0700. The predicted octanol–water partition coefficient (Wildman–Crippen LogP) is 0.879. The monoisotopic (exact) mass is 166 g/mol. The Bertz CT molecular complexity index is 114. The highest BCUT2D eigenvalue weighted by molar-refractivity contribution is 7.79. The molecular weight excluding hydrogens is 152 g/mol. The van der Waals surface area contributed by atoms with Gasteiger partial charge in [0, 0.05) is 7.11 Å². The number of hydrogen-bond acceptors (Lipinski definition) is 2. The van der Waals surface area contributed by atoms with Crippen LogP contribution in [-0.4, -0.2) is 27.7 Å². The summed E-state index contributed by atoms with van der Waals surface area (Å²) in [4.78, 5) is 0. The van der Waals surface area contributed by atoms with Crippen LogP contribution in [0, 0.1) is 5.92 Å². The average molecular weight is 166 g/mol. The second kappa shape index (κ2) is 4.82. The zero-order valence-corrected chi connectivity index (χ0v) is 7.35. The molecule has 3 nitrogen and oxygen atoms in total. The third-order valence-electron chi connectivity index (χ3n) is 1.35. The van der Waals surface area contributed by atoms with Crippen molar-refractivity contribution in [1.29, 1.82) is 0 Å². The lowest BCUT2D eigenvalue weighted by Gasteiger charge is -2.16. The molecule has 0 rings (SSSR count). The van der Waals surface area contributed by atoms with Gasteiger partial charge < -0.3 is 9.29 Å². The highest BCUT2D eigenvalue weighted by atomic mass is 32.2. The summed E-state index contributed by atoms with van der Waals surface area (Å²) in [6.45, 7) is 3.92. The van der Waals surface area contributed by atoms with Crippen LogP contribution in [0.15, 0.2) is 0 Å². The quantitative estimate of drug-likeness (QED) is 0.631. The fourth-order valence-electron chi connectivity index (χ4n) is 0.673. The average Bonchev–Trinajstić information content (AvgIpc) is 1.81. The normalized spacial score (nSPS) is 17.3. The molecular formula is C6H14O3S. The summed E-state index contributed by atoms with van der Waals surface area (Å²) in [6.07, 6.45) is -0.106. The van der Waals surface area contributed by atoms with E-state index < -0.39 is 11.1 Å². The Balaban J connectivity index is 3.71. The van der Waals surface area contributed by atoms with Gasteiger partial charge in [0.25, 0.3) is 0 Å². The molecule has 0 bridgehead atoms. The highest BCUT2D eigenvalue weighted by Crippen LogP contribution is 2.05. The van der Waals surface area contributed by atoms with Crippen LogP contribution in [0.25, 0.3) is 0 Å². The van der Waals surface area contributed by atoms with E-state index in [1.807, 2.05) is 13.8 Å². The van der Waals surface area contributed by atoms with Crippen molar-refractivity contribution in [1.82, 2.24) is 0 Å². The maximum absolute atomic E-state index is 10.3. The van der Waals surface area contributed by atoms with Gasteiger partial charge in [0.2, 0.25) is 0 Å². The van der Waals surface area contributed by atoms with E-state index in [9.17, 15) is 4.21 Å². The van der Waals surface area contributed by atoms with Crippen LogP contribution >= 0.6 is 0 Å². The molecule has 0 aromatic rings. The van der Waals surface area contributed by atoms with Crippen molar-refractivity contribution in [2.75, 3.05) is 12.9 Å². The molecule has 0 spiro atoms. The molecule has 0 aromatic carbocycles. The van der Waals surface area contributed by atoms with Crippen LogP contribution in [0.1, 0.15) is 13.8 Å². The first-order valence-electron chi connectivity index (χ1n) is 3.18. The van der Waals surface area contributed by atoms with E-state index in [1.54, 1.807) is 7.11 Å². The summed E-state index contributed by atoms with van der Waals surface area (Å²) in [6, 6.07) is 0. The Labute approximate surface area is 64.1 Å². The summed E-state index contributed by atoms with van der Waals surface area (Å²) in [7, 11) is 1.55. The fourth-order valence-corrected chi connectivity index (χ4v) is 1.48. The summed E-state index contributed by atoms with van der Waals surface area (Å²) < 4.78 is 23.8. The first-order chi connectivity index (χ1) is 4.57. The lowest BCUT2D eigenvalue weighted by atomic mass is 10.1. The molecule has 0 aromatic heterocycles. The van der Waals surface area contributed by atoms with Crippen LogP contribution < -0.4 is 0 Å². The van der Waals surface area contributed by atoms with E-state index in [1.165, 1.54) is 0 Å². The van der Waals surface area contributed by atoms with Crippen LogP contribution in [-0.2, 0) is 15.8 Å². The smallest absolute Gasteiger partial charge is 0.155 e. The van der Waals surface area contributed by atoms with E-state index in [-0.39, 0.29) is 11.9 Å². The third-order valence-corrected chi connectivity index (χ3v) is 1.97. The SMILES string of the molecule is COC(CS(=O)O)C(C)C. The molecule has 0 saturated carbocycles. The summed E-state index contributed by atoms with van der Waals surface area (Å²) in [5.41, 5.74) is 0. The van der Waals surface area contributed by atoms with Crippen LogP contribution in [0.2, 0.25) is 0 Å². The molecule has 0 aliphatic rings. The van der Waals surface area contributed by atoms with E-state index in [0.29, 0.717) is 5.92 Å². The van der Waals surface area contributed by atoms with Crippen molar-refractivity contribution in [2.24, 2.45) is 5.92 Å². The van der Waals surface area contributed by atoms with Gasteiger partial charge >= 0.3 is 0 Å². The minimum Gasteiger partial charge on any atom is -0.380 e. The lowest BCUT2D eigenvalue weighted by molar-refractivity contribution is 0.0826. The molecule has 0 amide bonds. The van der Waals surface area contributed by atoms with Crippen molar-refractivity contribution in [3.05, 3.63) is 0 Å². The Morgan fingerprint density at radius 3 is 2.20 bits per heavy atom. The largest absolute Gasteiger partial charge is 0.380 e. The van der Waals surface area contributed by atoms with E-state index in [0.717, 1.165) is 0 Å². The standard InChI is InChI=1S/C6H14O3S/c1-5(2)6(9-3)4-10(7)8/h5-6H,4H2,1-3H3,(H,7,8). The van der Waals surface area contributed by atoms with Gasteiger partial charge in [-0.1, -0.05) is 13.8 Å². The maximum Gasteiger partial charge on any atom is 0.155 e. The Morgan fingerprint density at radius 1 is 1.60 bits per heavy atom. The van der Waals surface area contributed by atoms with Gasteiger partial charge in [-0.05, 0) is 5.92 Å². The van der Waals surface area contributed by atoms with Gasteiger partial charge in [0.15, 0.2) is 11.1 Å². The molecule has 0 saturated heterocycles. The van der Waals surface area contributed by atoms with E-state index in [2.05, 4.69) is 0 Å². The first kappa shape index (κ1) is 10.1. The molecule has 0 fully saturated rings. The molecule has 4 heteroatoms. The lowest BCUT2D eigenvalue weighted by Crippen LogP contribution is -2.24. The Morgan fingerprint density at radius 2 is 2.10 bits per heavy atom. The molecule has 62 valence electrons. The van der Waals surface area contributed by atoms with Gasteiger partial charge in [-0.25, -0.2) is 4.21 Å². The second-order valence-corrected chi connectivity index (χ2v) is 3.48. The molecule has 2 atom stereocenters. The fraction of sp³-hybridized carbons (Fsp3) is 1.00. The third kappa shape index (κ3) is 3.98. The van der Waals surface area contributed by atoms with Crippen LogP contribution in [0.3, 0.4) is 0 Å². The van der Waals surface area contributed by atoms with E-state index in [4.69, 9.17) is 9.29 Å². The molecule has 2 unspecified atom stereocenters. The number of rotatable bonds is 4. The zero-order chi connectivity index (χ0) is 8.15. The molecule has 0 heterocycles. The number of methoxy groups -OCH3 is 1. The Kier molecular flexibility index (Phi) is 4.85. The van der Waals surface area contributed by atoms with Crippen LogP contribution in [0.4, 0.5) is 0 Å². The maximum atomic E-state index is 10.3. The minimum absolute atomic E-state index is 0.106. The minimum atomic E-state index is -1.74. The van der Waals surface area contributed by atoms with Crippen molar-refractivity contribution in [3.8, 4) is 0 Å². The van der Waals surface area contributed by atoms with Crippen molar-refractivity contribution in [2.45, 2.75) is 20.0 Å². The molecule has 0 aliphatic heterocycles. The predicted molar refractivity (Wildman–Crippen MR) is 41.3 cm³/mol. The van der Waals surface area contributed by atoms with Crippen molar-refractivity contribution in [3.63, 3.8) is 0 Å². The topological polar surface area (TPSA) is 46.5 Å². The molecule has 1 N–H and O–H groups in total. The summed E-state index contributed by atoms with van der Waals surface area (Å²) >= 11 is -1.74.